The third kappa shape index (κ3) is 5.74. The molecule has 0 saturated carbocycles. The maximum atomic E-state index is 12.6. The van der Waals surface area contributed by atoms with Gasteiger partial charge in [0.15, 0.2) is 6.10 Å². The van der Waals surface area contributed by atoms with Gasteiger partial charge in [-0.25, -0.2) is 4.98 Å². The van der Waals surface area contributed by atoms with Crippen LogP contribution in [0.1, 0.15) is 43.6 Å². The fourth-order valence-corrected chi connectivity index (χ4v) is 2.77. The number of aromatic nitrogens is 2. The van der Waals surface area contributed by atoms with Crippen LogP contribution in [0.3, 0.4) is 0 Å². The van der Waals surface area contributed by atoms with E-state index in [1.165, 1.54) is 24.3 Å². The molecule has 8 heteroatoms. The summed E-state index contributed by atoms with van der Waals surface area (Å²) in [5.74, 6) is 0.775. The number of nitrogens with zero attached hydrogens (tertiary/aromatic N) is 3. The molecule has 0 bridgehead atoms. The first-order chi connectivity index (χ1) is 13.0. The molecular formula is C20H26F3N3O2. The molecule has 1 aromatic carbocycles. The van der Waals surface area contributed by atoms with Gasteiger partial charge < -0.3 is 14.2 Å². The summed E-state index contributed by atoms with van der Waals surface area (Å²) in [5.41, 5.74) is 2.01. The fraction of sp³-hybridized carbons (Fsp3) is 0.500. The number of carbonyl (C=O) groups excluding carboxylic acids is 1. The van der Waals surface area contributed by atoms with Gasteiger partial charge in [-0.1, -0.05) is 26.0 Å². The highest BCUT2D eigenvalue weighted by molar-refractivity contribution is 5.80. The molecule has 1 unspecified atom stereocenters. The lowest BCUT2D eigenvalue weighted by atomic mass is 10.0. The minimum absolute atomic E-state index is 0.0410. The topological polar surface area (TPSA) is 47.4 Å². The van der Waals surface area contributed by atoms with E-state index in [1.807, 2.05) is 25.1 Å². The molecule has 5 nitrogen and oxygen atoms in total. The van der Waals surface area contributed by atoms with E-state index < -0.39 is 18.8 Å². The van der Waals surface area contributed by atoms with Crippen molar-refractivity contribution in [3.63, 3.8) is 0 Å². The zero-order chi connectivity index (χ0) is 21.1. The molecule has 1 aromatic heterocycles. The number of benzene rings is 1. The number of likely N-dealkylation sites (N-methyl/N-ethyl adjacent to an activating group) is 1. The largest absolute Gasteiger partial charge is 0.481 e. The number of ether oxygens (including phenoxy) is 1. The van der Waals surface area contributed by atoms with Gasteiger partial charge in [0.05, 0.1) is 6.54 Å². The third-order valence-corrected chi connectivity index (χ3v) is 4.44. The van der Waals surface area contributed by atoms with Crippen LogP contribution in [0.5, 0.6) is 5.75 Å². The summed E-state index contributed by atoms with van der Waals surface area (Å²) in [7, 11) is 1.52. The zero-order valence-electron chi connectivity index (χ0n) is 16.7. The van der Waals surface area contributed by atoms with E-state index in [0.717, 1.165) is 15.7 Å². The summed E-state index contributed by atoms with van der Waals surface area (Å²) in [6.07, 6.45) is -2.59. The van der Waals surface area contributed by atoms with Crippen molar-refractivity contribution in [3.05, 3.63) is 47.5 Å². The van der Waals surface area contributed by atoms with Gasteiger partial charge >= 0.3 is 6.18 Å². The molecule has 0 radical (unpaired) electrons. The van der Waals surface area contributed by atoms with Crippen molar-refractivity contribution in [2.75, 3.05) is 7.05 Å². The van der Waals surface area contributed by atoms with Gasteiger partial charge in [0.25, 0.3) is 5.91 Å². The molecule has 1 amide bonds. The van der Waals surface area contributed by atoms with Crippen LogP contribution in [0.2, 0.25) is 0 Å². The van der Waals surface area contributed by atoms with Crippen LogP contribution in [0.15, 0.2) is 30.6 Å². The Labute approximate surface area is 163 Å². The Hall–Kier alpha value is -2.51. The van der Waals surface area contributed by atoms with Gasteiger partial charge in [0.1, 0.15) is 18.1 Å². The molecule has 28 heavy (non-hydrogen) atoms. The normalized spacial score (nSPS) is 12.9. The number of alkyl halides is 3. The molecule has 154 valence electrons. The van der Waals surface area contributed by atoms with Crippen LogP contribution in [0.25, 0.3) is 0 Å². The molecule has 0 aliphatic rings. The summed E-state index contributed by atoms with van der Waals surface area (Å²) >= 11 is 0. The molecule has 0 saturated heterocycles. The molecule has 2 rings (SSSR count). The maximum absolute atomic E-state index is 12.6. The Bertz CT molecular complexity index is 815. The molecular weight excluding hydrogens is 371 g/mol. The second-order valence-corrected chi connectivity index (χ2v) is 7.22. The Morgan fingerprint density at radius 2 is 1.96 bits per heavy atom. The number of hydrogen-bond donors (Lipinski definition) is 0. The Morgan fingerprint density at radius 1 is 1.29 bits per heavy atom. The van der Waals surface area contributed by atoms with E-state index in [9.17, 15) is 18.0 Å². The number of aryl methyl sites for hydroxylation is 1. The first kappa shape index (κ1) is 21.8. The molecule has 0 fully saturated rings. The number of hydrogen-bond acceptors (Lipinski definition) is 3. The average molecular weight is 397 g/mol. The van der Waals surface area contributed by atoms with E-state index in [1.54, 1.807) is 6.92 Å². The SMILES string of the molecule is Cc1ccc(C(C)C)cc1OC(C)C(=O)N(C)Cc1nccn1CC(F)(F)F. The standard InChI is InChI=1S/C20H26F3N3O2/c1-13(2)16-7-6-14(3)17(10-16)28-15(4)19(27)25(5)11-18-24-8-9-26(18)12-20(21,22)23/h6-10,13,15H,11-12H2,1-5H3. The number of halogens is 3. The van der Waals surface area contributed by atoms with E-state index in [4.69, 9.17) is 4.74 Å². The van der Waals surface area contributed by atoms with Crippen molar-refractivity contribution in [3.8, 4) is 5.75 Å². The van der Waals surface area contributed by atoms with Crippen LogP contribution in [0, 0.1) is 6.92 Å². The molecule has 0 aliphatic heterocycles. The van der Waals surface area contributed by atoms with E-state index in [-0.39, 0.29) is 18.3 Å². The summed E-state index contributed by atoms with van der Waals surface area (Å²) in [5, 5.41) is 0. The van der Waals surface area contributed by atoms with Crippen molar-refractivity contribution in [2.24, 2.45) is 0 Å². The van der Waals surface area contributed by atoms with Gasteiger partial charge in [-0.15, -0.1) is 0 Å². The lowest BCUT2D eigenvalue weighted by molar-refractivity contribution is -0.141. The van der Waals surface area contributed by atoms with Crippen molar-refractivity contribution >= 4 is 5.91 Å². The lowest BCUT2D eigenvalue weighted by Crippen LogP contribution is -2.38. The molecule has 0 aliphatic carbocycles. The average Bonchev–Trinajstić information content (AvgIpc) is 3.00. The molecule has 0 N–H and O–H groups in total. The van der Waals surface area contributed by atoms with Crippen molar-refractivity contribution in [1.29, 1.82) is 0 Å². The second-order valence-electron chi connectivity index (χ2n) is 7.22. The maximum Gasteiger partial charge on any atom is 0.406 e. The molecule has 1 heterocycles. The number of rotatable bonds is 7. The van der Waals surface area contributed by atoms with Gasteiger partial charge in [0.2, 0.25) is 0 Å². The van der Waals surface area contributed by atoms with Gasteiger partial charge in [-0.3, -0.25) is 4.79 Å². The van der Waals surface area contributed by atoms with Crippen LogP contribution in [-0.4, -0.2) is 39.7 Å². The van der Waals surface area contributed by atoms with E-state index in [0.29, 0.717) is 11.7 Å². The molecule has 2 aromatic rings. The smallest absolute Gasteiger partial charge is 0.406 e. The first-order valence-electron chi connectivity index (χ1n) is 9.07. The summed E-state index contributed by atoms with van der Waals surface area (Å²) in [4.78, 5) is 17.9. The fourth-order valence-electron chi connectivity index (χ4n) is 2.77. The van der Waals surface area contributed by atoms with Gasteiger partial charge in [-0.05, 0) is 37.0 Å². The summed E-state index contributed by atoms with van der Waals surface area (Å²) < 4.78 is 44.8. The Kier molecular flexibility index (Phi) is 6.74. The second kappa shape index (κ2) is 8.67. The minimum Gasteiger partial charge on any atom is -0.481 e. The zero-order valence-corrected chi connectivity index (χ0v) is 16.7. The van der Waals surface area contributed by atoms with Crippen LogP contribution < -0.4 is 4.74 Å². The van der Waals surface area contributed by atoms with Gasteiger partial charge in [0, 0.05) is 19.4 Å². The molecule has 1 atom stereocenters. The van der Waals surface area contributed by atoms with Crippen LogP contribution in [-0.2, 0) is 17.9 Å². The number of amides is 1. The third-order valence-electron chi connectivity index (χ3n) is 4.44. The monoisotopic (exact) mass is 397 g/mol. The highest BCUT2D eigenvalue weighted by atomic mass is 19.4. The Morgan fingerprint density at radius 3 is 2.57 bits per heavy atom. The number of carbonyl (C=O) groups is 1. The van der Waals surface area contributed by atoms with Crippen LogP contribution in [0.4, 0.5) is 13.2 Å². The first-order valence-corrected chi connectivity index (χ1v) is 9.07. The van der Waals surface area contributed by atoms with E-state index >= 15 is 0 Å². The highest BCUT2D eigenvalue weighted by Crippen LogP contribution is 2.25. The predicted molar refractivity (Wildman–Crippen MR) is 100 cm³/mol. The van der Waals surface area contributed by atoms with Crippen LogP contribution >= 0.6 is 0 Å². The van der Waals surface area contributed by atoms with Crippen molar-refractivity contribution in [2.45, 2.75) is 59.0 Å². The van der Waals surface area contributed by atoms with Gasteiger partial charge in [-0.2, -0.15) is 13.2 Å². The number of imidazole rings is 1. The minimum atomic E-state index is -4.35. The Balaban J connectivity index is 2.06. The quantitative estimate of drug-likeness (QED) is 0.700. The predicted octanol–water partition coefficient (Wildman–Crippen LogP) is 4.30. The highest BCUT2D eigenvalue weighted by Gasteiger charge is 2.29. The summed E-state index contributed by atoms with van der Waals surface area (Å²) in [6.45, 7) is 6.48. The van der Waals surface area contributed by atoms with E-state index in [2.05, 4.69) is 18.8 Å². The molecule has 0 spiro atoms. The van der Waals surface area contributed by atoms with Crippen molar-refractivity contribution in [1.82, 2.24) is 14.5 Å². The summed E-state index contributed by atoms with van der Waals surface area (Å²) in [6, 6.07) is 5.88. The van der Waals surface area contributed by atoms with Crippen molar-refractivity contribution < 1.29 is 22.7 Å². The lowest BCUT2D eigenvalue weighted by Gasteiger charge is -2.23.